The van der Waals surface area contributed by atoms with Crippen molar-refractivity contribution in [1.29, 1.82) is 0 Å². The van der Waals surface area contributed by atoms with Crippen molar-refractivity contribution in [2.24, 2.45) is 0 Å². The Hall–Kier alpha value is -3.15. The van der Waals surface area contributed by atoms with Crippen molar-refractivity contribution in [2.75, 3.05) is 29.6 Å². The van der Waals surface area contributed by atoms with E-state index in [0.29, 0.717) is 11.8 Å². The van der Waals surface area contributed by atoms with Crippen LogP contribution >= 0.6 is 0 Å². The molecule has 25 heavy (non-hydrogen) atoms. The van der Waals surface area contributed by atoms with E-state index in [2.05, 4.69) is 56.7 Å². The van der Waals surface area contributed by atoms with Crippen LogP contribution in [-0.2, 0) is 0 Å². The van der Waals surface area contributed by atoms with Crippen LogP contribution in [0.2, 0.25) is 0 Å². The van der Waals surface area contributed by atoms with Gasteiger partial charge in [0.25, 0.3) is 0 Å². The molecule has 0 saturated heterocycles. The number of aromatic nitrogens is 3. The average Bonchev–Trinajstić information content (AvgIpc) is 2.58. The van der Waals surface area contributed by atoms with Gasteiger partial charge in [0.2, 0.25) is 5.95 Å². The van der Waals surface area contributed by atoms with Gasteiger partial charge in [-0.25, -0.2) is 0 Å². The maximum absolute atomic E-state index is 4.48. The first kappa shape index (κ1) is 16.7. The highest BCUT2D eigenvalue weighted by molar-refractivity contribution is 5.63. The molecule has 128 valence electrons. The number of nitrogens with one attached hydrogen (secondary N) is 2. The quantitative estimate of drug-likeness (QED) is 0.734. The average molecular weight is 334 g/mol. The number of aryl methyl sites for hydroxylation is 2. The van der Waals surface area contributed by atoms with Gasteiger partial charge in [-0.1, -0.05) is 17.7 Å². The summed E-state index contributed by atoms with van der Waals surface area (Å²) in [5.41, 5.74) is 5.44. The number of rotatable bonds is 5. The van der Waals surface area contributed by atoms with Gasteiger partial charge in [0.15, 0.2) is 5.82 Å². The second-order valence-electron chi connectivity index (χ2n) is 6.17. The van der Waals surface area contributed by atoms with Crippen molar-refractivity contribution < 1.29 is 0 Å². The fourth-order valence-corrected chi connectivity index (χ4v) is 2.48. The summed E-state index contributed by atoms with van der Waals surface area (Å²) in [6, 6.07) is 14.3. The van der Waals surface area contributed by atoms with E-state index < -0.39 is 0 Å². The summed E-state index contributed by atoms with van der Waals surface area (Å²) in [7, 11) is 4.02. The minimum atomic E-state index is 0.451. The number of hydrogen-bond donors (Lipinski definition) is 2. The van der Waals surface area contributed by atoms with E-state index in [9.17, 15) is 0 Å². The van der Waals surface area contributed by atoms with Crippen molar-refractivity contribution in [3.8, 4) is 0 Å². The van der Waals surface area contributed by atoms with E-state index >= 15 is 0 Å². The lowest BCUT2D eigenvalue weighted by Gasteiger charge is -2.13. The highest BCUT2D eigenvalue weighted by Crippen LogP contribution is 2.21. The standard InChI is InChI=1S/C19H22N6/c1-13-5-10-17(14(2)11-13)22-18-12-20-24-19(23-18)21-15-6-8-16(9-7-15)25(3)4/h5-12H,1-4H3,(H2,21,22,23,24). The molecule has 0 amide bonds. The predicted molar refractivity (Wildman–Crippen MR) is 103 cm³/mol. The van der Waals surface area contributed by atoms with Crippen LogP contribution in [0.15, 0.2) is 48.7 Å². The zero-order valence-electron chi connectivity index (χ0n) is 14.9. The van der Waals surface area contributed by atoms with Crippen molar-refractivity contribution in [1.82, 2.24) is 15.2 Å². The van der Waals surface area contributed by atoms with Gasteiger partial charge < -0.3 is 15.5 Å². The molecule has 2 N–H and O–H groups in total. The van der Waals surface area contributed by atoms with Gasteiger partial charge in [-0.3, -0.25) is 0 Å². The van der Waals surface area contributed by atoms with Gasteiger partial charge in [0.05, 0.1) is 6.20 Å². The molecule has 3 rings (SSSR count). The third kappa shape index (κ3) is 4.23. The van der Waals surface area contributed by atoms with Gasteiger partial charge in [-0.15, -0.1) is 5.10 Å². The van der Waals surface area contributed by atoms with Crippen molar-refractivity contribution >= 4 is 28.8 Å². The zero-order valence-corrected chi connectivity index (χ0v) is 14.9. The second kappa shape index (κ2) is 7.17. The number of hydrogen-bond acceptors (Lipinski definition) is 6. The first-order valence-corrected chi connectivity index (χ1v) is 8.10. The van der Waals surface area contributed by atoms with Crippen LogP contribution < -0.4 is 15.5 Å². The van der Waals surface area contributed by atoms with Gasteiger partial charge >= 0.3 is 0 Å². The first-order valence-electron chi connectivity index (χ1n) is 8.10. The highest BCUT2D eigenvalue weighted by atomic mass is 15.3. The molecule has 1 aromatic heterocycles. The van der Waals surface area contributed by atoms with Crippen molar-refractivity contribution in [3.63, 3.8) is 0 Å². The molecule has 0 saturated carbocycles. The lowest BCUT2D eigenvalue weighted by molar-refractivity contribution is 0.982. The highest BCUT2D eigenvalue weighted by Gasteiger charge is 2.04. The van der Waals surface area contributed by atoms with Crippen LogP contribution in [0, 0.1) is 13.8 Å². The molecule has 1 heterocycles. The van der Waals surface area contributed by atoms with Crippen molar-refractivity contribution in [3.05, 3.63) is 59.8 Å². The van der Waals surface area contributed by atoms with E-state index in [0.717, 1.165) is 22.6 Å². The number of benzene rings is 2. The normalized spacial score (nSPS) is 10.4. The molecular weight excluding hydrogens is 312 g/mol. The van der Waals surface area contributed by atoms with E-state index in [-0.39, 0.29) is 0 Å². The summed E-state index contributed by atoms with van der Waals surface area (Å²) in [5.74, 6) is 1.10. The largest absolute Gasteiger partial charge is 0.378 e. The summed E-state index contributed by atoms with van der Waals surface area (Å²) in [6.07, 6.45) is 1.61. The Balaban J connectivity index is 1.75. The molecule has 0 spiro atoms. The smallest absolute Gasteiger partial charge is 0.249 e. The Morgan fingerprint density at radius 1 is 0.920 bits per heavy atom. The number of anilines is 5. The summed E-state index contributed by atoms with van der Waals surface area (Å²) in [5, 5.41) is 14.5. The fourth-order valence-electron chi connectivity index (χ4n) is 2.48. The molecule has 6 heteroatoms. The van der Waals surface area contributed by atoms with E-state index in [1.807, 2.05) is 44.4 Å². The van der Waals surface area contributed by atoms with Crippen molar-refractivity contribution in [2.45, 2.75) is 13.8 Å². The topological polar surface area (TPSA) is 66.0 Å². The minimum Gasteiger partial charge on any atom is -0.378 e. The maximum Gasteiger partial charge on any atom is 0.249 e. The maximum atomic E-state index is 4.48. The monoisotopic (exact) mass is 334 g/mol. The summed E-state index contributed by atoms with van der Waals surface area (Å²) < 4.78 is 0. The predicted octanol–water partition coefficient (Wildman–Crippen LogP) is 4.04. The summed E-state index contributed by atoms with van der Waals surface area (Å²) >= 11 is 0. The first-order chi connectivity index (χ1) is 12.0. The molecule has 0 atom stereocenters. The van der Waals surface area contributed by atoms with Crippen LogP contribution in [-0.4, -0.2) is 29.3 Å². The van der Waals surface area contributed by atoms with Crippen LogP contribution in [0.1, 0.15) is 11.1 Å². The Kier molecular flexibility index (Phi) is 4.79. The summed E-state index contributed by atoms with van der Waals surface area (Å²) in [6.45, 7) is 4.14. The van der Waals surface area contributed by atoms with Gasteiger partial charge in [-0.05, 0) is 49.7 Å². The summed E-state index contributed by atoms with van der Waals surface area (Å²) in [4.78, 5) is 6.53. The lowest BCUT2D eigenvalue weighted by Crippen LogP contribution is -2.08. The molecule has 0 aliphatic carbocycles. The van der Waals surface area contributed by atoms with Crippen LogP contribution in [0.5, 0.6) is 0 Å². The second-order valence-corrected chi connectivity index (χ2v) is 6.17. The van der Waals surface area contributed by atoms with E-state index in [4.69, 9.17) is 0 Å². The molecule has 2 aromatic carbocycles. The molecule has 0 aliphatic rings. The minimum absolute atomic E-state index is 0.451. The third-order valence-corrected chi connectivity index (χ3v) is 3.84. The molecule has 0 bridgehead atoms. The Morgan fingerprint density at radius 3 is 2.36 bits per heavy atom. The van der Waals surface area contributed by atoms with Gasteiger partial charge in [0.1, 0.15) is 0 Å². The third-order valence-electron chi connectivity index (χ3n) is 3.84. The van der Waals surface area contributed by atoms with Gasteiger partial charge in [0, 0.05) is 31.2 Å². The van der Waals surface area contributed by atoms with Crippen LogP contribution in [0.3, 0.4) is 0 Å². The Morgan fingerprint density at radius 2 is 1.68 bits per heavy atom. The SMILES string of the molecule is Cc1ccc(Nc2cnnc(Nc3ccc(N(C)C)cc3)n2)c(C)c1. The van der Waals surface area contributed by atoms with E-state index in [1.54, 1.807) is 6.20 Å². The molecule has 0 aliphatic heterocycles. The molecule has 0 unspecified atom stereocenters. The van der Waals surface area contributed by atoms with E-state index in [1.165, 1.54) is 5.56 Å². The molecule has 6 nitrogen and oxygen atoms in total. The fraction of sp³-hybridized carbons (Fsp3) is 0.211. The molecule has 0 radical (unpaired) electrons. The molecule has 0 fully saturated rings. The Bertz CT molecular complexity index is 858. The van der Waals surface area contributed by atoms with Crippen LogP contribution in [0.4, 0.5) is 28.8 Å². The Labute approximate surface area is 147 Å². The lowest BCUT2D eigenvalue weighted by atomic mass is 10.1. The molecular formula is C19H22N6. The zero-order chi connectivity index (χ0) is 17.8. The van der Waals surface area contributed by atoms with Crippen LogP contribution in [0.25, 0.3) is 0 Å². The number of nitrogens with zero attached hydrogens (tertiary/aromatic N) is 4. The molecule has 3 aromatic rings. The van der Waals surface area contributed by atoms with Gasteiger partial charge in [-0.2, -0.15) is 10.1 Å².